The number of para-hydroxylation sites is 1. The van der Waals surface area contributed by atoms with Crippen LogP contribution in [0.1, 0.15) is 11.3 Å². The van der Waals surface area contributed by atoms with Gasteiger partial charge in [-0.25, -0.2) is 4.98 Å². The van der Waals surface area contributed by atoms with Crippen molar-refractivity contribution < 1.29 is 4.79 Å². The Balaban J connectivity index is 1.48. The molecule has 3 heterocycles. The van der Waals surface area contributed by atoms with Crippen molar-refractivity contribution in [2.75, 3.05) is 25.0 Å². The first kappa shape index (κ1) is 17.7. The lowest BCUT2D eigenvalue weighted by Gasteiger charge is -2.20. The number of hydrogen-bond acceptors (Lipinski definition) is 5. The first-order valence-electron chi connectivity index (χ1n) is 8.36. The summed E-state index contributed by atoms with van der Waals surface area (Å²) in [7, 11) is 2.08. The van der Waals surface area contributed by atoms with Crippen molar-refractivity contribution in [3.63, 3.8) is 0 Å². The first-order chi connectivity index (χ1) is 12.6. The number of carbonyl (C=O) groups excluding carboxylic acids is 1. The molecule has 1 amide bonds. The lowest BCUT2D eigenvalue weighted by molar-refractivity contribution is -0.130. The zero-order valence-corrected chi connectivity index (χ0v) is 17.5. The molecule has 26 heavy (non-hydrogen) atoms. The minimum Gasteiger partial charge on any atom is -0.373 e. The lowest BCUT2D eigenvalue weighted by Crippen LogP contribution is -2.35. The molecule has 1 aliphatic rings. The Labute approximate surface area is 169 Å². The highest BCUT2D eigenvalue weighted by Crippen LogP contribution is 2.32. The second kappa shape index (κ2) is 7.50. The third-order valence-electron chi connectivity index (χ3n) is 4.48. The van der Waals surface area contributed by atoms with Crippen molar-refractivity contribution in [2.45, 2.75) is 13.0 Å². The predicted molar refractivity (Wildman–Crippen MR) is 112 cm³/mol. The molecule has 1 aromatic carbocycles. The smallest absolute Gasteiger partial charge is 0.228 e. The van der Waals surface area contributed by atoms with Gasteiger partial charge < -0.3 is 9.80 Å². The van der Waals surface area contributed by atoms with Crippen LogP contribution in [-0.4, -0.2) is 35.9 Å². The van der Waals surface area contributed by atoms with Gasteiger partial charge in [-0.2, -0.15) is 0 Å². The molecular formula is C19H18BrN3OS2. The van der Waals surface area contributed by atoms with Gasteiger partial charge in [0, 0.05) is 47.6 Å². The summed E-state index contributed by atoms with van der Waals surface area (Å²) in [5.74, 6) is 0.138. The molecule has 0 spiro atoms. The van der Waals surface area contributed by atoms with Gasteiger partial charge in [-0.15, -0.1) is 22.7 Å². The zero-order chi connectivity index (χ0) is 18.1. The van der Waals surface area contributed by atoms with Crippen LogP contribution in [0.3, 0.4) is 0 Å². The number of amides is 1. The van der Waals surface area contributed by atoms with Crippen LogP contribution < -0.4 is 4.90 Å². The molecule has 0 N–H and O–H groups in total. The molecule has 0 unspecified atom stereocenters. The molecule has 134 valence electrons. The summed E-state index contributed by atoms with van der Waals surface area (Å²) in [6, 6.07) is 10.4. The van der Waals surface area contributed by atoms with Crippen LogP contribution in [-0.2, 0) is 17.8 Å². The van der Waals surface area contributed by atoms with Crippen LogP contribution in [0.15, 0.2) is 45.6 Å². The predicted octanol–water partition coefficient (Wildman–Crippen LogP) is 4.66. The molecule has 0 saturated carbocycles. The Morgan fingerprint density at radius 1 is 1.23 bits per heavy atom. The maximum absolute atomic E-state index is 12.9. The third kappa shape index (κ3) is 3.70. The van der Waals surface area contributed by atoms with E-state index >= 15 is 0 Å². The molecular weight excluding hydrogens is 430 g/mol. The van der Waals surface area contributed by atoms with Crippen LogP contribution in [0.25, 0.3) is 9.88 Å². The van der Waals surface area contributed by atoms with Gasteiger partial charge in [0.05, 0.1) is 17.0 Å². The van der Waals surface area contributed by atoms with Crippen molar-refractivity contribution in [3.05, 3.63) is 56.8 Å². The number of likely N-dealkylation sites (N-methyl/N-ethyl adjacent to an activating group) is 1. The Morgan fingerprint density at radius 3 is 2.88 bits per heavy atom. The van der Waals surface area contributed by atoms with Crippen LogP contribution in [0, 0.1) is 0 Å². The van der Waals surface area contributed by atoms with Gasteiger partial charge in [-0.05, 0) is 33.6 Å². The molecule has 7 heteroatoms. The van der Waals surface area contributed by atoms with Gasteiger partial charge in [0.2, 0.25) is 5.91 Å². The Bertz CT molecular complexity index is 936. The molecule has 4 nitrogen and oxygen atoms in total. The minimum atomic E-state index is 0.138. The molecule has 3 aromatic rings. The molecule has 0 atom stereocenters. The largest absolute Gasteiger partial charge is 0.373 e. The SMILES string of the molecule is CN1CCN(C(=O)Cc2csc(-c3cc(Br)cs3)n2)Cc2ccccc21. The summed E-state index contributed by atoms with van der Waals surface area (Å²) in [4.78, 5) is 22.8. The van der Waals surface area contributed by atoms with Crippen molar-refractivity contribution in [3.8, 4) is 9.88 Å². The number of thiazole rings is 1. The maximum Gasteiger partial charge on any atom is 0.228 e. The average Bonchev–Trinajstić information content (AvgIpc) is 3.23. The number of anilines is 1. The molecule has 0 radical (unpaired) electrons. The van der Waals surface area contributed by atoms with E-state index in [4.69, 9.17) is 0 Å². The fraction of sp³-hybridized carbons (Fsp3) is 0.263. The third-order valence-corrected chi connectivity index (χ3v) is 7.24. The standard InChI is InChI=1S/C19H18BrN3OS2/c1-22-6-7-23(10-13-4-2-3-5-16(13)22)18(24)9-15-12-26-19(21-15)17-8-14(20)11-25-17/h2-5,8,11-12H,6-7,9-10H2,1H3. The van der Waals surface area contributed by atoms with Gasteiger partial charge in [0.1, 0.15) is 5.01 Å². The van der Waals surface area contributed by atoms with E-state index in [1.807, 2.05) is 27.8 Å². The summed E-state index contributed by atoms with van der Waals surface area (Å²) >= 11 is 6.73. The number of benzene rings is 1. The van der Waals surface area contributed by atoms with Gasteiger partial charge in [0.15, 0.2) is 0 Å². The van der Waals surface area contributed by atoms with E-state index in [1.165, 1.54) is 11.3 Å². The van der Waals surface area contributed by atoms with Crippen LogP contribution in [0.4, 0.5) is 5.69 Å². The molecule has 1 aliphatic heterocycles. The number of nitrogens with zero attached hydrogens (tertiary/aromatic N) is 3. The fourth-order valence-electron chi connectivity index (χ4n) is 3.10. The highest BCUT2D eigenvalue weighted by atomic mass is 79.9. The van der Waals surface area contributed by atoms with Gasteiger partial charge in [-0.3, -0.25) is 4.79 Å². The topological polar surface area (TPSA) is 36.4 Å². The average molecular weight is 448 g/mol. The van der Waals surface area contributed by atoms with Crippen LogP contribution >= 0.6 is 38.6 Å². The Kier molecular flexibility index (Phi) is 5.11. The molecule has 0 aliphatic carbocycles. The summed E-state index contributed by atoms with van der Waals surface area (Å²) in [5.41, 5.74) is 3.26. The normalized spacial score (nSPS) is 14.2. The maximum atomic E-state index is 12.9. The van der Waals surface area contributed by atoms with Crippen molar-refractivity contribution >= 4 is 50.2 Å². The number of carbonyl (C=O) groups is 1. The number of fused-ring (bicyclic) bond motifs is 1. The monoisotopic (exact) mass is 447 g/mol. The fourth-order valence-corrected chi connectivity index (χ4v) is 5.43. The zero-order valence-electron chi connectivity index (χ0n) is 14.3. The van der Waals surface area contributed by atoms with E-state index in [2.05, 4.69) is 51.1 Å². The summed E-state index contributed by atoms with van der Waals surface area (Å²) in [6.45, 7) is 2.24. The number of halogens is 1. The van der Waals surface area contributed by atoms with Crippen molar-refractivity contribution in [2.24, 2.45) is 0 Å². The second-order valence-corrected chi connectivity index (χ2v) is 9.00. The number of aromatic nitrogens is 1. The van der Waals surface area contributed by atoms with Gasteiger partial charge in [0.25, 0.3) is 0 Å². The molecule has 2 aromatic heterocycles. The second-order valence-electron chi connectivity index (χ2n) is 6.32. The van der Waals surface area contributed by atoms with E-state index in [-0.39, 0.29) is 5.91 Å². The Hall–Kier alpha value is -1.70. The highest BCUT2D eigenvalue weighted by Gasteiger charge is 2.22. The van der Waals surface area contributed by atoms with E-state index in [1.54, 1.807) is 22.7 Å². The summed E-state index contributed by atoms with van der Waals surface area (Å²) < 4.78 is 1.07. The molecule has 0 fully saturated rings. The quantitative estimate of drug-likeness (QED) is 0.585. The summed E-state index contributed by atoms with van der Waals surface area (Å²) in [6.07, 6.45) is 0.356. The van der Waals surface area contributed by atoms with Crippen LogP contribution in [0.5, 0.6) is 0 Å². The molecule has 4 rings (SSSR count). The minimum absolute atomic E-state index is 0.138. The van der Waals surface area contributed by atoms with Gasteiger partial charge in [-0.1, -0.05) is 18.2 Å². The van der Waals surface area contributed by atoms with E-state index < -0.39 is 0 Å². The van der Waals surface area contributed by atoms with Crippen molar-refractivity contribution in [1.82, 2.24) is 9.88 Å². The highest BCUT2D eigenvalue weighted by molar-refractivity contribution is 9.10. The molecule has 0 saturated heterocycles. The lowest BCUT2D eigenvalue weighted by atomic mass is 10.1. The molecule has 0 bridgehead atoms. The Morgan fingerprint density at radius 2 is 2.08 bits per heavy atom. The summed E-state index contributed by atoms with van der Waals surface area (Å²) in [5, 5.41) is 5.02. The number of rotatable bonds is 3. The number of hydrogen-bond donors (Lipinski definition) is 0. The van der Waals surface area contributed by atoms with Crippen LogP contribution in [0.2, 0.25) is 0 Å². The van der Waals surface area contributed by atoms with E-state index in [9.17, 15) is 4.79 Å². The van der Waals surface area contributed by atoms with Crippen molar-refractivity contribution in [1.29, 1.82) is 0 Å². The first-order valence-corrected chi connectivity index (χ1v) is 10.9. The van der Waals surface area contributed by atoms with E-state index in [0.29, 0.717) is 13.0 Å². The van der Waals surface area contributed by atoms with Gasteiger partial charge >= 0.3 is 0 Å². The number of thiophene rings is 1. The van der Waals surface area contributed by atoms with E-state index in [0.717, 1.165) is 33.1 Å².